The molecule has 0 aliphatic rings. The van der Waals surface area contributed by atoms with E-state index in [1.807, 2.05) is 45.9 Å². The summed E-state index contributed by atoms with van der Waals surface area (Å²) in [5.74, 6) is 0.608. The summed E-state index contributed by atoms with van der Waals surface area (Å²) >= 11 is 0. The molecule has 2 aromatic carbocycles. The molecule has 2 aromatic rings. The molecule has 0 aromatic heterocycles. The topological polar surface area (TPSA) is 72.5 Å². The molecule has 0 heterocycles. The molecule has 1 radical (unpaired) electrons. The number of rotatable bonds is 10. The van der Waals surface area contributed by atoms with Crippen LogP contribution in [0.3, 0.4) is 0 Å². The molecule has 0 unspecified atom stereocenters. The molecule has 1 N–H and O–H groups in total. The van der Waals surface area contributed by atoms with Crippen molar-refractivity contribution in [3.05, 3.63) is 63.7 Å². The van der Waals surface area contributed by atoms with Gasteiger partial charge in [0.15, 0.2) is 5.75 Å². The molecule has 1 amide bonds. The number of nitrogens with one attached hydrogen (secondary N) is 1. The van der Waals surface area contributed by atoms with Gasteiger partial charge in [-0.25, -0.2) is 4.72 Å². The van der Waals surface area contributed by atoms with Crippen molar-refractivity contribution in [2.24, 2.45) is 0 Å². The molecule has 0 aliphatic heterocycles. The molecule has 5 nitrogen and oxygen atoms in total. The summed E-state index contributed by atoms with van der Waals surface area (Å²) in [5.41, 5.74) is 5.88. The molecule has 0 bridgehead atoms. The quantitative estimate of drug-likeness (QED) is 0.343. The second-order valence-electron chi connectivity index (χ2n) is 11.0. The number of hydrogen-bond donors (Lipinski definition) is 1. The first-order valence-electron chi connectivity index (χ1n) is 12.7. The van der Waals surface area contributed by atoms with Crippen LogP contribution in [-0.4, -0.2) is 43.9 Å². The van der Waals surface area contributed by atoms with E-state index >= 15 is 0 Å². The van der Waals surface area contributed by atoms with Gasteiger partial charge in [0.25, 0.3) is 0 Å². The van der Waals surface area contributed by atoms with Gasteiger partial charge in [-0.3, -0.25) is 4.79 Å². The van der Waals surface area contributed by atoms with Crippen molar-refractivity contribution in [2.75, 3.05) is 0 Å². The molecular weight excluding hydrogens is 481 g/mol. The summed E-state index contributed by atoms with van der Waals surface area (Å²) in [7, 11) is -4.35. The largest absolute Gasteiger partial charge is 0.409 e. The van der Waals surface area contributed by atoms with Crippen molar-refractivity contribution < 1.29 is 17.4 Å². The van der Waals surface area contributed by atoms with E-state index in [-0.39, 0.29) is 59.6 Å². The van der Waals surface area contributed by atoms with Crippen molar-refractivity contribution in [3.8, 4) is 5.75 Å². The number of amides is 1. The predicted molar refractivity (Wildman–Crippen MR) is 150 cm³/mol. The second-order valence-corrected chi connectivity index (χ2v) is 12.2. The normalized spacial score (nSPS) is 12.0. The van der Waals surface area contributed by atoms with Crippen molar-refractivity contribution in [3.63, 3.8) is 0 Å². The van der Waals surface area contributed by atoms with Crippen LogP contribution < -0.4 is 8.91 Å². The van der Waals surface area contributed by atoms with Gasteiger partial charge in [-0.1, -0.05) is 99.6 Å². The Balaban J connectivity index is 0.00000648. The van der Waals surface area contributed by atoms with Crippen molar-refractivity contribution in [2.45, 2.75) is 105 Å². The third-order valence-electron chi connectivity index (χ3n) is 6.34. The Labute approximate surface area is 241 Å². The maximum Gasteiger partial charge on any atom is 0.409 e. The van der Waals surface area contributed by atoms with Gasteiger partial charge in [-0.2, -0.15) is 8.42 Å². The summed E-state index contributed by atoms with van der Waals surface area (Å²) in [4.78, 5) is 13.1. The molecule has 0 fully saturated rings. The average Bonchev–Trinajstić information content (AvgIpc) is 2.72. The second kappa shape index (κ2) is 13.5. The maximum absolute atomic E-state index is 13.1. The van der Waals surface area contributed by atoms with Gasteiger partial charge in [0.2, 0.25) is 5.91 Å². The zero-order valence-electron chi connectivity index (χ0n) is 24.0. The molecule has 36 heavy (non-hydrogen) atoms. The molecule has 0 aliphatic carbocycles. The molecule has 7 heteroatoms. The van der Waals surface area contributed by atoms with E-state index in [1.54, 1.807) is 0 Å². The van der Waals surface area contributed by atoms with E-state index in [1.165, 1.54) is 5.56 Å². The fourth-order valence-corrected chi connectivity index (χ4v) is 5.16. The van der Waals surface area contributed by atoms with Crippen LogP contribution in [0.15, 0.2) is 30.3 Å². The van der Waals surface area contributed by atoms with Crippen molar-refractivity contribution in [1.29, 1.82) is 0 Å². The Kier molecular flexibility index (Phi) is 12.2. The molecule has 0 saturated heterocycles. The van der Waals surface area contributed by atoms with Crippen LogP contribution in [0, 0.1) is 0 Å². The predicted octanol–water partition coefficient (Wildman–Crippen LogP) is 6.91. The summed E-state index contributed by atoms with van der Waals surface area (Å²) in [6, 6.07) is 9.95. The van der Waals surface area contributed by atoms with E-state index in [0.29, 0.717) is 11.7 Å². The maximum atomic E-state index is 13.1. The van der Waals surface area contributed by atoms with Gasteiger partial charge in [-0.05, 0) is 63.0 Å². The van der Waals surface area contributed by atoms with Gasteiger partial charge in [0.1, 0.15) is 0 Å². The first-order chi connectivity index (χ1) is 16.1. The molecular formula is C29H43NNaO4S. The fourth-order valence-electron chi connectivity index (χ4n) is 4.35. The Morgan fingerprint density at radius 3 is 1.53 bits per heavy atom. The van der Waals surface area contributed by atoms with Crippen LogP contribution in [0.5, 0.6) is 5.75 Å². The van der Waals surface area contributed by atoms with Crippen LogP contribution in [-0.2, 0) is 21.5 Å². The van der Waals surface area contributed by atoms with Crippen LogP contribution in [0.1, 0.15) is 132 Å². The van der Waals surface area contributed by atoms with Gasteiger partial charge in [0.05, 0.1) is 6.42 Å². The van der Waals surface area contributed by atoms with E-state index in [2.05, 4.69) is 58.4 Å². The molecule has 0 atom stereocenters. The zero-order valence-corrected chi connectivity index (χ0v) is 26.8. The summed E-state index contributed by atoms with van der Waals surface area (Å²) < 4.78 is 33.7. The SMILES string of the molecule is CC(C)c1cc(C(C)C)c(CC(=O)NS(=O)(=O)Oc2c(C(C)C)cccc2C(C)C)c(C(C)C)c1.[Na]. The molecule has 195 valence electrons. The Bertz CT molecular complexity index is 1100. The van der Waals surface area contributed by atoms with E-state index in [4.69, 9.17) is 4.18 Å². The minimum absolute atomic E-state index is 0. The van der Waals surface area contributed by atoms with Crippen LogP contribution in [0.25, 0.3) is 0 Å². The van der Waals surface area contributed by atoms with Gasteiger partial charge in [0, 0.05) is 29.6 Å². The summed E-state index contributed by atoms with van der Waals surface area (Å²) in [6.45, 7) is 20.6. The van der Waals surface area contributed by atoms with Gasteiger partial charge >= 0.3 is 10.3 Å². The number of carbonyl (C=O) groups excluding carboxylic acids is 1. The fraction of sp³-hybridized carbons (Fsp3) is 0.552. The van der Waals surface area contributed by atoms with Gasteiger partial charge < -0.3 is 4.18 Å². The number of benzene rings is 2. The average molecular weight is 525 g/mol. The third kappa shape index (κ3) is 8.34. The Morgan fingerprint density at radius 2 is 1.17 bits per heavy atom. The third-order valence-corrected chi connectivity index (χ3v) is 7.20. The van der Waals surface area contributed by atoms with Gasteiger partial charge in [-0.15, -0.1) is 0 Å². The first kappa shape index (κ1) is 32.7. The number of para-hydroxylation sites is 1. The number of hydrogen-bond acceptors (Lipinski definition) is 4. The summed E-state index contributed by atoms with van der Waals surface area (Å²) in [5, 5.41) is 0. The van der Waals surface area contributed by atoms with E-state index in [0.717, 1.165) is 27.8 Å². The van der Waals surface area contributed by atoms with Crippen molar-refractivity contribution >= 4 is 45.8 Å². The van der Waals surface area contributed by atoms with Crippen LogP contribution in [0.2, 0.25) is 0 Å². The monoisotopic (exact) mass is 524 g/mol. The van der Waals surface area contributed by atoms with Crippen LogP contribution in [0.4, 0.5) is 0 Å². The minimum Gasteiger partial charge on any atom is -0.366 e. The minimum atomic E-state index is -4.35. The zero-order chi connectivity index (χ0) is 26.7. The number of carbonyl (C=O) groups is 1. The standard InChI is InChI=1S/C29H43NO4S.Na/c1-17(2)22-14-25(20(7)8)27(26(15-22)21(9)10)16-28(31)30-35(32,33)34-29-23(18(3)4)12-11-13-24(29)19(5)6;/h11-15,17-21H,16H2,1-10H3,(H,30,31);. The van der Waals surface area contributed by atoms with Crippen LogP contribution >= 0.6 is 0 Å². The van der Waals surface area contributed by atoms with Crippen molar-refractivity contribution in [1.82, 2.24) is 4.72 Å². The smallest absolute Gasteiger partial charge is 0.366 e. The first-order valence-corrected chi connectivity index (χ1v) is 14.1. The molecule has 0 saturated carbocycles. The summed E-state index contributed by atoms with van der Waals surface area (Å²) in [6.07, 6.45) is -0.0230. The Hall–Kier alpha value is -1.34. The molecule has 0 spiro atoms. The van der Waals surface area contributed by atoms with E-state index in [9.17, 15) is 13.2 Å². The van der Waals surface area contributed by atoms with E-state index < -0.39 is 16.2 Å². The Morgan fingerprint density at radius 1 is 0.750 bits per heavy atom. The molecule has 2 rings (SSSR count).